The van der Waals surface area contributed by atoms with Gasteiger partial charge in [-0.1, -0.05) is 52.3 Å². The Labute approximate surface area is 175 Å². The van der Waals surface area contributed by atoms with Gasteiger partial charge in [-0.25, -0.2) is 0 Å². The normalized spacial score (nSPS) is 24.2. The number of benzene rings is 1. The van der Waals surface area contributed by atoms with E-state index in [0.717, 1.165) is 19.6 Å². The number of hydrogen-bond acceptors (Lipinski definition) is 2. The number of rotatable bonds is 10. The van der Waals surface area contributed by atoms with Crippen LogP contribution in [0.3, 0.4) is 0 Å². The molecule has 1 fully saturated rings. The summed E-state index contributed by atoms with van der Waals surface area (Å²) in [5, 5.41) is 0. The fraction of sp³-hybridized carbons (Fsp3) is 0.640. The van der Waals surface area contributed by atoms with Gasteiger partial charge in [-0.2, -0.15) is 0 Å². The van der Waals surface area contributed by atoms with E-state index < -0.39 is 0 Å². The fourth-order valence-corrected chi connectivity index (χ4v) is 5.54. The van der Waals surface area contributed by atoms with E-state index in [1.807, 2.05) is 0 Å². The van der Waals surface area contributed by atoms with Gasteiger partial charge in [-0.05, 0) is 42.7 Å². The zero-order chi connectivity index (χ0) is 20.5. The molecule has 0 saturated heterocycles. The predicted octanol–water partition coefficient (Wildman–Crippen LogP) is 4.77. The second-order valence-electron chi connectivity index (χ2n) is 9.47. The van der Waals surface area contributed by atoms with Gasteiger partial charge in [0.25, 0.3) is 0 Å². The maximum absolute atomic E-state index is 5.89. The number of hydrogen-bond donors (Lipinski definition) is 0. The van der Waals surface area contributed by atoms with E-state index in [-0.39, 0.29) is 5.41 Å². The molecule has 0 unspecified atom stereocenters. The van der Waals surface area contributed by atoms with Crippen LogP contribution in [0.1, 0.15) is 70.6 Å². The van der Waals surface area contributed by atoms with Gasteiger partial charge < -0.3 is 9.47 Å². The number of nitrogens with zero attached hydrogens (tertiary/aromatic N) is 2. The quantitative estimate of drug-likeness (QED) is 0.426. The molecule has 2 aliphatic rings. The monoisotopic (exact) mass is 397 g/mol. The molecule has 0 spiro atoms. The molecular weight excluding hydrogens is 360 g/mol. The molecule has 1 aromatic heterocycles. The highest BCUT2D eigenvalue weighted by Crippen LogP contribution is 2.67. The Balaban J connectivity index is 1.52. The molecule has 0 amide bonds. The molecule has 4 nitrogen and oxygen atoms in total. The first-order chi connectivity index (χ1) is 14.0. The summed E-state index contributed by atoms with van der Waals surface area (Å²) in [6.45, 7) is 13.4. The Bertz CT molecular complexity index is 827. The van der Waals surface area contributed by atoms with Crippen molar-refractivity contribution in [3.63, 3.8) is 0 Å². The Morgan fingerprint density at radius 1 is 1.03 bits per heavy atom. The van der Waals surface area contributed by atoms with Crippen LogP contribution in [-0.2, 0) is 21.4 Å². The van der Waals surface area contributed by atoms with Gasteiger partial charge in [0, 0.05) is 17.6 Å². The van der Waals surface area contributed by atoms with Crippen LogP contribution in [0, 0.1) is 5.41 Å². The number of ether oxygens (including phenoxy) is 2. The molecular formula is C25H37N2O2+. The molecule has 1 saturated carbocycles. The zero-order valence-corrected chi connectivity index (χ0v) is 18.6. The number of unbranched alkanes of at least 4 members (excludes halogenated alkanes) is 1. The molecule has 0 N–H and O–H groups in total. The van der Waals surface area contributed by atoms with Crippen LogP contribution in [0.5, 0.6) is 0 Å². The number of aromatic nitrogens is 2. The Morgan fingerprint density at radius 3 is 2.48 bits per heavy atom. The van der Waals surface area contributed by atoms with Gasteiger partial charge in [-0.15, -0.1) is 9.36 Å². The first-order valence-corrected chi connectivity index (χ1v) is 11.4. The standard InChI is InChI=1S/C25H37N2O2/c1-5-6-15-28-17-18-29-16-14-26-19-21-22-12-13-25(4,24(22,2)3)23(21)27(26)20-10-8-7-9-11-20/h7-11,19,22H,5-6,12-18H2,1-4H3/q+1/t22-,25+/m1/s1. The molecule has 1 aromatic carbocycles. The topological polar surface area (TPSA) is 27.3 Å². The van der Waals surface area contributed by atoms with Crippen molar-refractivity contribution in [3.8, 4) is 5.69 Å². The molecule has 0 aliphatic heterocycles. The molecule has 4 rings (SSSR count). The summed E-state index contributed by atoms with van der Waals surface area (Å²) in [6.07, 6.45) is 7.29. The minimum atomic E-state index is 0.224. The van der Waals surface area contributed by atoms with Crippen LogP contribution in [0.2, 0.25) is 0 Å². The average molecular weight is 398 g/mol. The van der Waals surface area contributed by atoms with Gasteiger partial charge >= 0.3 is 0 Å². The number of fused-ring (bicyclic) bond motifs is 5. The van der Waals surface area contributed by atoms with E-state index in [9.17, 15) is 0 Å². The number of para-hydroxylation sites is 1. The highest BCUT2D eigenvalue weighted by molar-refractivity contribution is 5.47. The van der Waals surface area contributed by atoms with Crippen LogP contribution < -0.4 is 4.68 Å². The van der Waals surface area contributed by atoms with Crippen molar-refractivity contribution in [2.45, 2.75) is 71.3 Å². The summed E-state index contributed by atoms with van der Waals surface area (Å²) in [4.78, 5) is 0. The molecule has 158 valence electrons. The Kier molecular flexibility index (Phi) is 5.85. The van der Waals surface area contributed by atoms with Crippen molar-refractivity contribution in [1.82, 2.24) is 4.68 Å². The maximum atomic E-state index is 5.89. The molecule has 2 aromatic rings. The smallest absolute Gasteiger partial charge is 0.200 e. The lowest BCUT2D eigenvalue weighted by atomic mass is 9.70. The van der Waals surface area contributed by atoms with Crippen LogP contribution in [0.4, 0.5) is 0 Å². The van der Waals surface area contributed by atoms with Crippen LogP contribution in [0.15, 0.2) is 36.5 Å². The van der Waals surface area contributed by atoms with E-state index in [0.29, 0.717) is 31.2 Å². The van der Waals surface area contributed by atoms with Gasteiger partial charge in [0.2, 0.25) is 0 Å². The van der Waals surface area contributed by atoms with E-state index in [4.69, 9.17) is 9.47 Å². The van der Waals surface area contributed by atoms with Gasteiger partial charge in [0.15, 0.2) is 12.7 Å². The summed E-state index contributed by atoms with van der Waals surface area (Å²) in [5.74, 6) is 0.659. The highest BCUT2D eigenvalue weighted by atomic mass is 16.5. The van der Waals surface area contributed by atoms with E-state index in [1.165, 1.54) is 30.6 Å². The Hall–Kier alpha value is -1.65. The van der Waals surface area contributed by atoms with Crippen molar-refractivity contribution in [2.24, 2.45) is 5.41 Å². The predicted molar refractivity (Wildman–Crippen MR) is 116 cm³/mol. The third-order valence-corrected chi connectivity index (χ3v) is 7.63. The van der Waals surface area contributed by atoms with Crippen LogP contribution in [-0.4, -0.2) is 31.1 Å². The minimum absolute atomic E-state index is 0.224. The van der Waals surface area contributed by atoms with Gasteiger partial charge in [0.05, 0.1) is 18.9 Å². The SMILES string of the molecule is CCCCOCCOCC[n+]1cc2c(n1-c1ccccc1)[C@]1(C)CC[C@H]2C1(C)C. The molecule has 2 atom stereocenters. The molecule has 2 aliphatic carbocycles. The van der Waals surface area contributed by atoms with Crippen molar-refractivity contribution < 1.29 is 14.2 Å². The Morgan fingerprint density at radius 2 is 1.76 bits per heavy atom. The summed E-state index contributed by atoms with van der Waals surface area (Å²) in [7, 11) is 0. The lowest BCUT2D eigenvalue weighted by molar-refractivity contribution is -0.768. The highest BCUT2D eigenvalue weighted by Gasteiger charge is 2.63. The van der Waals surface area contributed by atoms with Crippen LogP contribution >= 0.6 is 0 Å². The summed E-state index contributed by atoms with van der Waals surface area (Å²) in [5.41, 5.74) is 4.87. The molecule has 29 heavy (non-hydrogen) atoms. The molecule has 1 heterocycles. The van der Waals surface area contributed by atoms with Gasteiger partial charge in [0.1, 0.15) is 12.3 Å². The van der Waals surface area contributed by atoms with Crippen molar-refractivity contribution in [3.05, 3.63) is 47.8 Å². The summed E-state index contributed by atoms with van der Waals surface area (Å²) in [6, 6.07) is 10.8. The minimum Gasteiger partial charge on any atom is -0.379 e. The van der Waals surface area contributed by atoms with Crippen molar-refractivity contribution >= 4 is 0 Å². The van der Waals surface area contributed by atoms with E-state index in [2.05, 4.69) is 73.6 Å². The first-order valence-electron chi connectivity index (χ1n) is 11.4. The summed E-state index contributed by atoms with van der Waals surface area (Å²) >= 11 is 0. The second kappa shape index (κ2) is 8.23. The largest absolute Gasteiger partial charge is 0.379 e. The van der Waals surface area contributed by atoms with Gasteiger partial charge in [-0.3, -0.25) is 0 Å². The van der Waals surface area contributed by atoms with E-state index in [1.54, 1.807) is 5.56 Å². The third-order valence-electron chi connectivity index (χ3n) is 7.63. The molecule has 0 radical (unpaired) electrons. The third kappa shape index (κ3) is 3.44. The van der Waals surface area contributed by atoms with Crippen molar-refractivity contribution in [1.29, 1.82) is 0 Å². The second-order valence-corrected chi connectivity index (χ2v) is 9.47. The lowest BCUT2D eigenvalue weighted by Crippen LogP contribution is -2.47. The molecule has 4 heteroatoms. The lowest BCUT2D eigenvalue weighted by Gasteiger charge is -2.35. The summed E-state index contributed by atoms with van der Waals surface area (Å²) < 4.78 is 16.3. The first kappa shape index (κ1) is 20.6. The fourth-order valence-electron chi connectivity index (χ4n) is 5.54. The van der Waals surface area contributed by atoms with Crippen LogP contribution in [0.25, 0.3) is 5.69 Å². The zero-order valence-electron chi connectivity index (χ0n) is 18.6. The average Bonchev–Trinajstić information content (AvgIpc) is 3.26. The molecule has 2 bridgehead atoms. The van der Waals surface area contributed by atoms with E-state index >= 15 is 0 Å². The maximum Gasteiger partial charge on any atom is 0.200 e. The van der Waals surface area contributed by atoms with Crippen molar-refractivity contribution in [2.75, 3.05) is 26.4 Å².